The average molecular weight is 301 g/mol. The maximum absolute atomic E-state index is 12.3. The second kappa shape index (κ2) is 7.09. The van der Waals surface area contributed by atoms with E-state index in [2.05, 4.69) is 4.98 Å². The number of rotatable bonds is 5. The summed E-state index contributed by atoms with van der Waals surface area (Å²) in [6, 6.07) is 7.29. The van der Waals surface area contributed by atoms with Gasteiger partial charge in [0.25, 0.3) is 5.91 Å². The van der Waals surface area contributed by atoms with Gasteiger partial charge in [0.05, 0.1) is 26.1 Å². The first-order valence-corrected chi connectivity index (χ1v) is 7.38. The number of imidazole rings is 1. The van der Waals surface area contributed by atoms with Gasteiger partial charge in [-0.2, -0.15) is 0 Å². The molecule has 0 N–H and O–H groups in total. The van der Waals surface area contributed by atoms with Gasteiger partial charge in [0.2, 0.25) is 0 Å². The van der Waals surface area contributed by atoms with E-state index in [1.165, 1.54) is 0 Å². The molecule has 0 unspecified atom stereocenters. The summed E-state index contributed by atoms with van der Waals surface area (Å²) in [5.74, 6) is 0.812. The van der Waals surface area contributed by atoms with Crippen LogP contribution in [0.15, 0.2) is 43.0 Å². The molecule has 6 heteroatoms. The highest BCUT2D eigenvalue weighted by atomic mass is 16.5. The first-order chi connectivity index (χ1) is 10.8. The molecule has 1 aliphatic heterocycles. The van der Waals surface area contributed by atoms with Crippen molar-refractivity contribution in [2.24, 2.45) is 0 Å². The molecule has 116 valence electrons. The average Bonchev–Trinajstić information content (AvgIpc) is 3.09. The Kier molecular flexibility index (Phi) is 4.70. The van der Waals surface area contributed by atoms with Crippen molar-refractivity contribution in [3.63, 3.8) is 0 Å². The van der Waals surface area contributed by atoms with Crippen LogP contribution >= 0.6 is 0 Å². The normalized spacial score (nSPS) is 14.8. The second-order valence-corrected chi connectivity index (χ2v) is 5.08. The van der Waals surface area contributed by atoms with Crippen molar-refractivity contribution in [2.75, 3.05) is 32.9 Å². The molecule has 0 radical (unpaired) electrons. The van der Waals surface area contributed by atoms with Gasteiger partial charge >= 0.3 is 0 Å². The molecule has 0 bridgehead atoms. The fourth-order valence-electron chi connectivity index (χ4n) is 2.33. The summed E-state index contributed by atoms with van der Waals surface area (Å²) in [5.41, 5.74) is 0.684. The zero-order valence-corrected chi connectivity index (χ0v) is 12.4. The van der Waals surface area contributed by atoms with Crippen LogP contribution in [0.1, 0.15) is 10.4 Å². The summed E-state index contributed by atoms with van der Waals surface area (Å²) in [7, 11) is 0. The maximum atomic E-state index is 12.3. The third kappa shape index (κ3) is 3.65. The topological polar surface area (TPSA) is 56.6 Å². The van der Waals surface area contributed by atoms with Gasteiger partial charge in [0.15, 0.2) is 0 Å². The van der Waals surface area contributed by atoms with Crippen molar-refractivity contribution >= 4 is 5.91 Å². The number of hydrogen-bond donors (Lipinski definition) is 0. The van der Waals surface area contributed by atoms with Crippen LogP contribution in [0.5, 0.6) is 5.75 Å². The lowest BCUT2D eigenvalue weighted by atomic mass is 10.2. The van der Waals surface area contributed by atoms with Crippen molar-refractivity contribution in [3.05, 3.63) is 48.5 Å². The molecule has 1 aliphatic rings. The van der Waals surface area contributed by atoms with Crippen LogP contribution in [0.2, 0.25) is 0 Å². The summed E-state index contributed by atoms with van der Waals surface area (Å²) >= 11 is 0. The lowest BCUT2D eigenvalue weighted by Crippen LogP contribution is -2.40. The summed E-state index contributed by atoms with van der Waals surface area (Å²) < 4.78 is 12.9. The van der Waals surface area contributed by atoms with Gasteiger partial charge in [0, 0.05) is 31.0 Å². The van der Waals surface area contributed by atoms with Crippen LogP contribution in [-0.4, -0.2) is 53.3 Å². The van der Waals surface area contributed by atoms with Crippen LogP contribution in [-0.2, 0) is 11.3 Å². The Labute approximate surface area is 129 Å². The number of benzene rings is 1. The van der Waals surface area contributed by atoms with Crippen molar-refractivity contribution < 1.29 is 14.3 Å². The number of nitrogens with zero attached hydrogens (tertiary/aromatic N) is 3. The van der Waals surface area contributed by atoms with Crippen LogP contribution in [0.4, 0.5) is 0 Å². The predicted molar refractivity (Wildman–Crippen MR) is 80.9 cm³/mol. The standard InChI is InChI=1S/C16H19N3O3/c20-16(19-8-10-21-11-9-19)14-1-3-15(4-2-14)22-12-7-18-6-5-17-13-18/h1-6,13H,7-12H2. The fraction of sp³-hybridized carbons (Fsp3) is 0.375. The van der Waals surface area contributed by atoms with Crippen molar-refractivity contribution in [1.82, 2.24) is 14.5 Å². The van der Waals surface area contributed by atoms with Crippen molar-refractivity contribution in [2.45, 2.75) is 6.54 Å². The van der Waals surface area contributed by atoms with E-state index in [1.54, 1.807) is 12.5 Å². The predicted octanol–water partition coefficient (Wildman–Crippen LogP) is 1.43. The fourth-order valence-corrected chi connectivity index (χ4v) is 2.33. The molecule has 6 nitrogen and oxygen atoms in total. The Morgan fingerprint density at radius 2 is 2.00 bits per heavy atom. The Morgan fingerprint density at radius 3 is 2.68 bits per heavy atom. The summed E-state index contributed by atoms with van der Waals surface area (Å²) in [6.45, 7) is 3.84. The molecule has 0 aliphatic carbocycles. The zero-order chi connectivity index (χ0) is 15.2. The molecule has 1 saturated heterocycles. The van der Waals surface area contributed by atoms with Gasteiger partial charge in [-0.05, 0) is 24.3 Å². The van der Waals surface area contributed by atoms with E-state index >= 15 is 0 Å². The molecule has 1 amide bonds. The molecule has 1 aromatic heterocycles. The number of aromatic nitrogens is 2. The number of morpholine rings is 1. The minimum Gasteiger partial charge on any atom is -0.492 e. The second-order valence-electron chi connectivity index (χ2n) is 5.08. The lowest BCUT2D eigenvalue weighted by molar-refractivity contribution is 0.0303. The van der Waals surface area contributed by atoms with Crippen LogP contribution in [0, 0.1) is 0 Å². The molecule has 22 heavy (non-hydrogen) atoms. The van der Waals surface area contributed by atoms with Gasteiger partial charge < -0.3 is 18.9 Å². The van der Waals surface area contributed by atoms with Gasteiger partial charge in [-0.25, -0.2) is 4.98 Å². The highest BCUT2D eigenvalue weighted by molar-refractivity contribution is 5.94. The van der Waals surface area contributed by atoms with E-state index < -0.39 is 0 Å². The Bertz CT molecular complexity index is 590. The quantitative estimate of drug-likeness (QED) is 0.838. The summed E-state index contributed by atoms with van der Waals surface area (Å²) in [4.78, 5) is 18.1. The lowest BCUT2D eigenvalue weighted by Gasteiger charge is -2.26. The van der Waals surface area contributed by atoms with Crippen LogP contribution in [0.25, 0.3) is 0 Å². The third-order valence-corrected chi connectivity index (χ3v) is 3.58. The number of carbonyl (C=O) groups is 1. The number of amides is 1. The number of ether oxygens (including phenoxy) is 2. The third-order valence-electron chi connectivity index (χ3n) is 3.58. The highest BCUT2D eigenvalue weighted by Crippen LogP contribution is 2.14. The molecule has 2 heterocycles. The highest BCUT2D eigenvalue weighted by Gasteiger charge is 2.18. The Balaban J connectivity index is 1.52. The van der Waals surface area contributed by atoms with E-state index in [0.29, 0.717) is 38.5 Å². The van der Waals surface area contributed by atoms with Gasteiger partial charge in [-0.3, -0.25) is 4.79 Å². The molecule has 1 aromatic carbocycles. The number of carbonyl (C=O) groups excluding carboxylic acids is 1. The first kappa shape index (κ1) is 14.6. The molecule has 2 aromatic rings. The molecular formula is C16H19N3O3. The molecule has 0 atom stereocenters. The minimum absolute atomic E-state index is 0.0493. The van der Waals surface area contributed by atoms with E-state index in [4.69, 9.17) is 9.47 Å². The Morgan fingerprint density at radius 1 is 1.23 bits per heavy atom. The monoisotopic (exact) mass is 301 g/mol. The van der Waals surface area contributed by atoms with E-state index in [0.717, 1.165) is 12.3 Å². The first-order valence-electron chi connectivity index (χ1n) is 7.38. The Hall–Kier alpha value is -2.34. The van der Waals surface area contributed by atoms with Crippen molar-refractivity contribution in [1.29, 1.82) is 0 Å². The minimum atomic E-state index is 0.0493. The SMILES string of the molecule is O=C(c1ccc(OCCn2ccnc2)cc1)N1CCOCC1. The van der Waals surface area contributed by atoms with Crippen LogP contribution < -0.4 is 4.74 Å². The van der Waals surface area contributed by atoms with E-state index in [-0.39, 0.29) is 5.91 Å². The van der Waals surface area contributed by atoms with E-state index in [1.807, 2.05) is 39.9 Å². The molecule has 3 rings (SSSR count). The molecule has 0 saturated carbocycles. The number of hydrogen-bond acceptors (Lipinski definition) is 4. The van der Waals surface area contributed by atoms with Gasteiger partial charge in [-0.1, -0.05) is 0 Å². The smallest absolute Gasteiger partial charge is 0.254 e. The molecular weight excluding hydrogens is 282 g/mol. The van der Waals surface area contributed by atoms with Gasteiger partial charge in [-0.15, -0.1) is 0 Å². The van der Waals surface area contributed by atoms with Gasteiger partial charge in [0.1, 0.15) is 12.4 Å². The van der Waals surface area contributed by atoms with Crippen LogP contribution in [0.3, 0.4) is 0 Å². The molecule has 0 spiro atoms. The maximum Gasteiger partial charge on any atom is 0.254 e. The van der Waals surface area contributed by atoms with Crippen molar-refractivity contribution in [3.8, 4) is 5.75 Å². The summed E-state index contributed by atoms with van der Waals surface area (Å²) in [5, 5.41) is 0. The summed E-state index contributed by atoms with van der Waals surface area (Å²) in [6.07, 6.45) is 5.40. The largest absolute Gasteiger partial charge is 0.492 e. The van der Waals surface area contributed by atoms with E-state index in [9.17, 15) is 4.79 Å². The molecule has 1 fully saturated rings. The zero-order valence-electron chi connectivity index (χ0n) is 12.4.